The van der Waals surface area contributed by atoms with Gasteiger partial charge in [-0.1, -0.05) is 48.5 Å². The maximum absolute atomic E-state index is 9.04. The lowest BCUT2D eigenvalue weighted by atomic mass is 9.86. The number of hydrogen-bond acceptors (Lipinski definition) is 2. The van der Waals surface area contributed by atoms with Crippen LogP contribution in [-0.4, -0.2) is 10.9 Å². The summed E-state index contributed by atoms with van der Waals surface area (Å²) in [6.45, 7) is 0. The summed E-state index contributed by atoms with van der Waals surface area (Å²) in [6, 6.07) is 9.81. The third-order valence-corrected chi connectivity index (χ3v) is 3.21. The van der Waals surface area contributed by atoms with Crippen LogP contribution in [0.3, 0.4) is 0 Å². The van der Waals surface area contributed by atoms with Gasteiger partial charge >= 0.3 is 0 Å². The molecule has 2 nitrogen and oxygen atoms in total. The molecular formula is C15H17NO. The average Bonchev–Trinajstić information content (AvgIpc) is 2.42. The third kappa shape index (κ3) is 3.35. The Labute approximate surface area is 102 Å². The van der Waals surface area contributed by atoms with Gasteiger partial charge in [-0.05, 0) is 30.9 Å². The molecule has 1 saturated carbocycles. The first-order chi connectivity index (χ1) is 8.40. The zero-order valence-corrected chi connectivity index (χ0v) is 9.89. The molecule has 0 amide bonds. The second-order valence-corrected chi connectivity index (χ2v) is 4.44. The summed E-state index contributed by atoms with van der Waals surface area (Å²) in [5.41, 5.74) is 1.61. The molecule has 2 rings (SSSR count). The standard InChI is InChI=1S/C15H17NO/c17-16-15(14-9-5-2-6-10-14)12-11-13-7-3-1-4-8-13/h1,3-4,7-8,14,17H,2,5-6,9-10H2/b16-15-. The van der Waals surface area contributed by atoms with Crippen LogP contribution in [0.4, 0.5) is 0 Å². The van der Waals surface area contributed by atoms with Crippen molar-refractivity contribution in [2.24, 2.45) is 11.1 Å². The topological polar surface area (TPSA) is 32.6 Å². The van der Waals surface area contributed by atoms with Crippen molar-refractivity contribution < 1.29 is 5.21 Å². The van der Waals surface area contributed by atoms with Crippen LogP contribution in [0.15, 0.2) is 35.5 Å². The maximum Gasteiger partial charge on any atom is 0.132 e. The van der Waals surface area contributed by atoms with E-state index in [1.807, 2.05) is 30.3 Å². The quantitative estimate of drug-likeness (QED) is 0.339. The number of rotatable bonds is 1. The molecule has 0 spiro atoms. The molecule has 1 aliphatic rings. The molecule has 0 saturated heterocycles. The molecule has 1 N–H and O–H groups in total. The minimum Gasteiger partial charge on any atom is -0.410 e. The highest BCUT2D eigenvalue weighted by atomic mass is 16.4. The predicted molar refractivity (Wildman–Crippen MR) is 69.1 cm³/mol. The molecule has 0 unspecified atom stereocenters. The van der Waals surface area contributed by atoms with Crippen LogP contribution in [-0.2, 0) is 0 Å². The Morgan fingerprint density at radius 1 is 1.12 bits per heavy atom. The van der Waals surface area contributed by atoms with Gasteiger partial charge in [0.05, 0.1) is 0 Å². The largest absolute Gasteiger partial charge is 0.410 e. The zero-order valence-electron chi connectivity index (χ0n) is 9.89. The van der Waals surface area contributed by atoms with Gasteiger partial charge < -0.3 is 5.21 Å². The van der Waals surface area contributed by atoms with Crippen molar-refractivity contribution in [2.45, 2.75) is 32.1 Å². The molecule has 0 bridgehead atoms. The molecule has 17 heavy (non-hydrogen) atoms. The molecular weight excluding hydrogens is 210 g/mol. The van der Waals surface area contributed by atoms with Gasteiger partial charge in [-0.2, -0.15) is 0 Å². The molecule has 88 valence electrons. The summed E-state index contributed by atoms with van der Waals surface area (Å²) in [7, 11) is 0. The first kappa shape index (κ1) is 11.7. The van der Waals surface area contributed by atoms with Gasteiger partial charge in [0.1, 0.15) is 5.71 Å². The second-order valence-electron chi connectivity index (χ2n) is 4.44. The Morgan fingerprint density at radius 3 is 2.47 bits per heavy atom. The van der Waals surface area contributed by atoms with Gasteiger partial charge in [-0.3, -0.25) is 0 Å². The minimum absolute atomic E-state index is 0.352. The summed E-state index contributed by atoms with van der Waals surface area (Å²) in [5, 5.41) is 12.4. The van der Waals surface area contributed by atoms with E-state index in [0.717, 1.165) is 18.4 Å². The van der Waals surface area contributed by atoms with Gasteiger partial charge in [-0.25, -0.2) is 0 Å². The Bertz CT molecular complexity index is 433. The van der Waals surface area contributed by atoms with Crippen LogP contribution in [0.1, 0.15) is 37.7 Å². The minimum atomic E-state index is 0.352. The molecule has 0 heterocycles. The van der Waals surface area contributed by atoms with Gasteiger partial charge in [-0.15, -0.1) is 0 Å². The fourth-order valence-electron chi connectivity index (χ4n) is 2.24. The molecule has 1 aromatic rings. The number of benzene rings is 1. The molecule has 0 aromatic heterocycles. The summed E-state index contributed by atoms with van der Waals surface area (Å²) in [6.07, 6.45) is 5.93. The lowest BCUT2D eigenvalue weighted by Gasteiger charge is -2.19. The Kier molecular flexibility index (Phi) is 4.21. The number of oxime groups is 1. The van der Waals surface area contributed by atoms with E-state index >= 15 is 0 Å². The third-order valence-electron chi connectivity index (χ3n) is 3.21. The average molecular weight is 227 g/mol. The van der Waals surface area contributed by atoms with Crippen LogP contribution >= 0.6 is 0 Å². The van der Waals surface area contributed by atoms with E-state index in [-0.39, 0.29) is 0 Å². The molecule has 1 aliphatic carbocycles. The van der Waals surface area contributed by atoms with Crippen molar-refractivity contribution in [1.29, 1.82) is 0 Å². The molecule has 0 atom stereocenters. The van der Waals surface area contributed by atoms with Gasteiger partial charge in [0.25, 0.3) is 0 Å². The molecule has 2 heteroatoms. The fraction of sp³-hybridized carbons (Fsp3) is 0.400. The normalized spacial score (nSPS) is 17.3. The summed E-state index contributed by atoms with van der Waals surface area (Å²) < 4.78 is 0. The van der Waals surface area contributed by atoms with Crippen molar-refractivity contribution >= 4 is 5.71 Å². The Hall–Kier alpha value is -1.75. The highest BCUT2D eigenvalue weighted by Crippen LogP contribution is 2.24. The Morgan fingerprint density at radius 2 is 1.82 bits per heavy atom. The number of hydrogen-bond donors (Lipinski definition) is 1. The monoisotopic (exact) mass is 227 g/mol. The lowest BCUT2D eigenvalue weighted by Crippen LogP contribution is -2.16. The highest BCUT2D eigenvalue weighted by Gasteiger charge is 2.18. The van der Waals surface area contributed by atoms with Crippen LogP contribution in [0.5, 0.6) is 0 Å². The van der Waals surface area contributed by atoms with E-state index in [4.69, 9.17) is 5.21 Å². The first-order valence-electron chi connectivity index (χ1n) is 6.19. The predicted octanol–water partition coefficient (Wildman–Crippen LogP) is 3.45. The van der Waals surface area contributed by atoms with E-state index in [0.29, 0.717) is 11.6 Å². The van der Waals surface area contributed by atoms with E-state index in [1.54, 1.807) is 0 Å². The van der Waals surface area contributed by atoms with Crippen LogP contribution in [0.25, 0.3) is 0 Å². The van der Waals surface area contributed by atoms with E-state index in [1.165, 1.54) is 19.3 Å². The number of nitrogens with zero attached hydrogens (tertiary/aromatic N) is 1. The summed E-state index contributed by atoms with van der Waals surface area (Å²) in [4.78, 5) is 0. The summed E-state index contributed by atoms with van der Waals surface area (Å²) in [5.74, 6) is 6.41. The van der Waals surface area contributed by atoms with Crippen molar-refractivity contribution in [1.82, 2.24) is 0 Å². The molecule has 1 fully saturated rings. The highest BCUT2D eigenvalue weighted by molar-refractivity contribution is 6.02. The van der Waals surface area contributed by atoms with Crippen LogP contribution in [0, 0.1) is 17.8 Å². The van der Waals surface area contributed by atoms with Crippen LogP contribution < -0.4 is 0 Å². The first-order valence-corrected chi connectivity index (χ1v) is 6.19. The van der Waals surface area contributed by atoms with E-state index in [2.05, 4.69) is 17.0 Å². The maximum atomic E-state index is 9.04. The van der Waals surface area contributed by atoms with Crippen molar-refractivity contribution in [3.05, 3.63) is 35.9 Å². The van der Waals surface area contributed by atoms with Gasteiger partial charge in [0.15, 0.2) is 0 Å². The zero-order chi connectivity index (χ0) is 11.9. The van der Waals surface area contributed by atoms with Gasteiger partial charge in [0.2, 0.25) is 0 Å². The summed E-state index contributed by atoms with van der Waals surface area (Å²) >= 11 is 0. The van der Waals surface area contributed by atoms with Crippen LogP contribution in [0.2, 0.25) is 0 Å². The Balaban J connectivity index is 2.08. The smallest absolute Gasteiger partial charge is 0.132 e. The van der Waals surface area contributed by atoms with Gasteiger partial charge in [0, 0.05) is 11.5 Å². The SMILES string of the molecule is O/N=C(/C#Cc1ccccc1)C1CCCCC1. The van der Waals surface area contributed by atoms with E-state index < -0.39 is 0 Å². The second kappa shape index (κ2) is 6.10. The van der Waals surface area contributed by atoms with Crippen molar-refractivity contribution in [3.63, 3.8) is 0 Å². The molecule has 0 aliphatic heterocycles. The van der Waals surface area contributed by atoms with E-state index in [9.17, 15) is 0 Å². The lowest BCUT2D eigenvalue weighted by molar-refractivity contribution is 0.311. The van der Waals surface area contributed by atoms with Crippen molar-refractivity contribution in [2.75, 3.05) is 0 Å². The fourth-order valence-corrected chi connectivity index (χ4v) is 2.24. The molecule has 1 aromatic carbocycles. The van der Waals surface area contributed by atoms with Crippen molar-refractivity contribution in [3.8, 4) is 11.8 Å². The molecule has 0 radical (unpaired) electrons.